The molecule has 0 saturated carbocycles. The number of likely N-dealkylation sites (tertiary alicyclic amines) is 2. The largest absolute Gasteiger partial charge is 0.392 e. The predicted molar refractivity (Wildman–Crippen MR) is 107 cm³/mol. The fraction of sp³-hybridized carbons (Fsp3) is 0.714. The third-order valence-corrected chi connectivity index (χ3v) is 6.06. The Balaban J connectivity index is 1.68. The highest BCUT2D eigenvalue weighted by Crippen LogP contribution is 2.39. The Morgan fingerprint density at radius 1 is 1.37 bits per heavy atom. The molecule has 1 spiro atoms. The zero-order chi connectivity index (χ0) is 19.4. The second-order valence-corrected chi connectivity index (χ2v) is 8.43. The van der Waals surface area contributed by atoms with Crippen molar-refractivity contribution < 1.29 is 9.90 Å². The van der Waals surface area contributed by atoms with Crippen LogP contribution in [0.1, 0.15) is 56.8 Å². The maximum absolute atomic E-state index is 13.0. The molecule has 2 saturated heterocycles. The van der Waals surface area contributed by atoms with Crippen molar-refractivity contribution in [1.82, 2.24) is 19.6 Å². The summed E-state index contributed by atoms with van der Waals surface area (Å²) in [4.78, 5) is 17.4. The lowest BCUT2D eigenvalue weighted by Crippen LogP contribution is -2.59. The highest BCUT2D eigenvalue weighted by molar-refractivity contribution is 5.93. The third kappa shape index (κ3) is 4.61. The zero-order valence-corrected chi connectivity index (χ0v) is 17.0. The van der Waals surface area contributed by atoms with Crippen molar-refractivity contribution in [3.05, 3.63) is 29.6 Å². The van der Waals surface area contributed by atoms with Crippen LogP contribution in [-0.2, 0) is 6.54 Å². The lowest BCUT2D eigenvalue weighted by atomic mass is 9.71. The molecule has 6 nitrogen and oxygen atoms in total. The number of aliphatic hydroxyl groups is 1. The van der Waals surface area contributed by atoms with Crippen LogP contribution in [0.5, 0.6) is 0 Å². The highest BCUT2D eigenvalue weighted by atomic mass is 16.3. The fourth-order valence-electron chi connectivity index (χ4n) is 4.53. The van der Waals surface area contributed by atoms with Crippen LogP contribution in [0.15, 0.2) is 24.0 Å². The molecule has 1 amide bonds. The average molecular weight is 375 g/mol. The molecule has 27 heavy (non-hydrogen) atoms. The normalized spacial score (nSPS) is 26.4. The van der Waals surface area contributed by atoms with E-state index < -0.39 is 0 Å². The zero-order valence-electron chi connectivity index (χ0n) is 17.0. The molecule has 0 radical (unpaired) electrons. The van der Waals surface area contributed by atoms with Gasteiger partial charge in [0.1, 0.15) is 0 Å². The number of nitrogens with zero attached hydrogens (tertiary/aromatic N) is 4. The summed E-state index contributed by atoms with van der Waals surface area (Å²) in [6, 6.07) is 0. The number of aliphatic hydroxyl groups excluding tert-OH is 1. The molecular weight excluding hydrogens is 340 g/mol. The van der Waals surface area contributed by atoms with E-state index in [2.05, 4.69) is 29.9 Å². The van der Waals surface area contributed by atoms with E-state index in [1.165, 1.54) is 5.57 Å². The molecule has 3 heterocycles. The van der Waals surface area contributed by atoms with Gasteiger partial charge in [-0.3, -0.25) is 9.48 Å². The monoisotopic (exact) mass is 374 g/mol. The highest BCUT2D eigenvalue weighted by Gasteiger charge is 2.46. The van der Waals surface area contributed by atoms with Crippen LogP contribution >= 0.6 is 0 Å². The molecule has 2 aliphatic rings. The fourth-order valence-corrected chi connectivity index (χ4v) is 4.53. The SMILES string of the molecule is CCn1cc(C(=O)N2CCC[C@@]3(CN(CCC=C(C)C)CC[C@H]3O)C2)cn1. The molecule has 2 aliphatic heterocycles. The summed E-state index contributed by atoms with van der Waals surface area (Å²) in [6.07, 6.45) is 9.23. The lowest BCUT2D eigenvalue weighted by Gasteiger charge is -2.51. The first-order valence-electron chi connectivity index (χ1n) is 10.3. The van der Waals surface area contributed by atoms with Gasteiger partial charge in [0.25, 0.3) is 5.91 Å². The molecule has 1 aromatic rings. The van der Waals surface area contributed by atoms with Gasteiger partial charge in [0.2, 0.25) is 0 Å². The van der Waals surface area contributed by atoms with Gasteiger partial charge in [-0.25, -0.2) is 0 Å². The smallest absolute Gasteiger partial charge is 0.257 e. The van der Waals surface area contributed by atoms with Gasteiger partial charge in [-0.2, -0.15) is 5.10 Å². The van der Waals surface area contributed by atoms with Crippen LogP contribution in [-0.4, -0.2) is 69.4 Å². The molecule has 1 N–H and O–H groups in total. The molecule has 3 rings (SSSR count). The third-order valence-electron chi connectivity index (χ3n) is 6.06. The minimum absolute atomic E-state index is 0.0441. The molecule has 0 aromatic carbocycles. The van der Waals surface area contributed by atoms with Crippen LogP contribution in [0.3, 0.4) is 0 Å². The van der Waals surface area contributed by atoms with Gasteiger partial charge < -0.3 is 14.9 Å². The standard InChI is InChI=1S/C21H34N4O2/c1-4-25-14-18(13-22-25)20(27)24-11-6-9-21(16-24)15-23(12-8-19(21)26)10-5-7-17(2)3/h7,13-14,19,26H,4-6,8-12,15-16H2,1-3H3/t19-,21-/m1/s1. The van der Waals surface area contributed by atoms with Gasteiger partial charge in [0.15, 0.2) is 0 Å². The van der Waals surface area contributed by atoms with Gasteiger partial charge in [-0.05, 0) is 46.5 Å². The number of aryl methyl sites for hydroxylation is 1. The van der Waals surface area contributed by atoms with E-state index in [9.17, 15) is 9.90 Å². The molecule has 0 bridgehead atoms. The minimum Gasteiger partial charge on any atom is -0.392 e. The van der Waals surface area contributed by atoms with Crippen LogP contribution < -0.4 is 0 Å². The van der Waals surface area contributed by atoms with E-state index in [0.29, 0.717) is 12.1 Å². The number of allylic oxidation sites excluding steroid dienone is 1. The second-order valence-electron chi connectivity index (χ2n) is 8.43. The summed E-state index contributed by atoms with van der Waals surface area (Å²) in [5.74, 6) is 0.0441. The van der Waals surface area contributed by atoms with E-state index in [4.69, 9.17) is 0 Å². The Morgan fingerprint density at radius 2 is 2.19 bits per heavy atom. The van der Waals surface area contributed by atoms with Crippen LogP contribution in [0.4, 0.5) is 0 Å². The van der Waals surface area contributed by atoms with Crippen LogP contribution in [0.2, 0.25) is 0 Å². The van der Waals surface area contributed by atoms with Gasteiger partial charge in [0.05, 0.1) is 17.9 Å². The quantitative estimate of drug-likeness (QED) is 0.805. The van der Waals surface area contributed by atoms with Crippen molar-refractivity contribution >= 4 is 5.91 Å². The summed E-state index contributed by atoms with van der Waals surface area (Å²) in [7, 11) is 0. The number of amides is 1. The number of hydrogen-bond acceptors (Lipinski definition) is 4. The van der Waals surface area contributed by atoms with Crippen molar-refractivity contribution in [2.75, 3.05) is 32.7 Å². The summed E-state index contributed by atoms with van der Waals surface area (Å²) < 4.78 is 1.79. The summed E-state index contributed by atoms with van der Waals surface area (Å²) in [5.41, 5.74) is 1.81. The summed E-state index contributed by atoms with van der Waals surface area (Å²) in [6.45, 7) is 11.3. The van der Waals surface area contributed by atoms with Gasteiger partial charge in [0, 0.05) is 50.9 Å². The predicted octanol–water partition coefficient (Wildman–Crippen LogP) is 2.55. The second kappa shape index (κ2) is 8.57. The average Bonchev–Trinajstić information content (AvgIpc) is 3.13. The van der Waals surface area contributed by atoms with Crippen LogP contribution in [0, 0.1) is 5.41 Å². The topological polar surface area (TPSA) is 61.6 Å². The molecule has 2 fully saturated rings. The molecule has 0 unspecified atom stereocenters. The Morgan fingerprint density at radius 3 is 2.89 bits per heavy atom. The Labute approximate surface area is 162 Å². The van der Waals surface area contributed by atoms with E-state index in [-0.39, 0.29) is 17.4 Å². The Kier molecular flexibility index (Phi) is 6.37. The number of carbonyl (C=O) groups excluding carboxylic acids is 1. The maximum Gasteiger partial charge on any atom is 0.257 e. The lowest BCUT2D eigenvalue weighted by molar-refractivity contribution is -0.0782. The molecule has 2 atom stereocenters. The Hall–Kier alpha value is -1.66. The van der Waals surface area contributed by atoms with Gasteiger partial charge in [-0.1, -0.05) is 11.6 Å². The van der Waals surface area contributed by atoms with Crippen molar-refractivity contribution in [3.63, 3.8) is 0 Å². The first kappa shape index (κ1) is 20.1. The first-order valence-corrected chi connectivity index (χ1v) is 10.3. The number of carbonyl (C=O) groups is 1. The number of hydrogen-bond donors (Lipinski definition) is 1. The maximum atomic E-state index is 13.0. The molecule has 6 heteroatoms. The van der Waals surface area contributed by atoms with Gasteiger partial charge in [-0.15, -0.1) is 0 Å². The molecular formula is C21H34N4O2. The van der Waals surface area contributed by atoms with Gasteiger partial charge >= 0.3 is 0 Å². The summed E-state index contributed by atoms with van der Waals surface area (Å²) >= 11 is 0. The minimum atomic E-state index is -0.328. The van der Waals surface area contributed by atoms with E-state index in [1.54, 1.807) is 10.9 Å². The van der Waals surface area contributed by atoms with Crippen molar-refractivity contribution in [3.8, 4) is 0 Å². The molecule has 0 aliphatic carbocycles. The van der Waals surface area contributed by atoms with Crippen molar-refractivity contribution in [2.24, 2.45) is 5.41 Å². The number of aromatic nitrogens is 2. The Bertz CT molecular complexity index is 679. The van der Waals surface area contributed by atoms with Crippen LogP contribution in [0.25, 0.3) is 0 Å². The van der Waals surface area contributed by atoms with E-state index in [1.807, 2.05) is 18.0 Å². The van der Waals surface area contributed by atoms with E-state index in [0.717, 1.165) is 58.4 Å². The number of piperidine rings is 2. The molecule has 150 valence electrons. The molecule has 1 aromatic heterocycles. The number of rotatable bonds is 5. The first-order chi connectivity index (χ1) is 12.9. The summed E-state index contributed by atoms with van der Waals surface area (Å²) in [5, 5.41) is 15.1. The van der Waals surface area contributed by atoms with Crippen molar-refractivity contribution in [2.45, 2.75) is 59.1 Å². The van der Waals surface area contributed by atoms with E-state index >= 15 is 0 Å². The van der Waals surface area contributed by atoms with Crippen molar-refractivity contribution in [1.29, 1.82) is 0 Å².